The van der Waals surface area contributed by atoms with Crippen LogP contribution in [0.25, 0.3) is 0 Å². The number of piperidine rings is 1. The maximum Gasteiger partial charge on any atom is 0.291 e. The van der Waals surface area contributed by atoms with Gasteiger partial charge in [0.1, 0.15) is 5.76 Å². The van der Waals surface area contributed by atoms with Crippen LogP contribution in [0.2, 0.25) is 0 Å². The van der Waals surface area contributed by atoms with Gasteiger partial charge >= 0.3 is 0 Å². The normalized spacial score (nSPS) is 16.1. The lowest BCUT2D eigenvalue weighted by atomic mass is 10.1. The number of nitrogens with one attached hydrogen (secondary N) is 1. The molecule has 1 aliphatic heterocycles. The number of carbonyl (C=O) groups is 1. The van der Waals surface area contributed by atoms with Crippen LogP contribution in [-0.2, 0) is 13.0 Å². The fraction of sp³-hybridized carbons (Fsp3) is 0.450. The van der Waals surface area contributed by atoms with Crippen molar-refractivity contribution in [3.8, 4) is 0 Å². The average molecular weight is 342 g/mol. The summed E-state index contributed by atoms with van der Waals surface area (Å²) in [6, 6.07) is 9.65. The molecule has 1 amide bonds. The van der Waals surface area contributed by atoms with E-state index in [9.17, 15) is 9.90 Å². The van der Waals surface area contributed by atoms with Gasteiger partial charge in [-0.25, -0.2) is 0 Å². The van der Waals surface area contributed by atoms with Crippen molar-refractivity contribution in [1.82, 2.24) is 4.90 Å². The first-order valence-electron chi connectivity index (χ1n) is 8.95. The zero-order chi connectivity index (χ0) is 17.8. The molecule has 2 aromatic rings. The zero-order valence-corrected chi connectivity index (χ0v) is 14.9. The minimum Gasteiger partial charge on any atom is -0.456 e. The molecule has 1 fully saturated rings. The summed E-state index contributed by atoms with van der Waals surface area (Å²) in [6.07, 6.45) is 2.21. The van der Waals surface area contributed by atoms with Crippen molar-refractivity contribution in [2.75, 3.05) is 18.4 Å². The Morgan fingerprint density at radius 1 is 1.32 bits per heavy atom. The highest BCUT2D eigenvalue weighted by atomic mass is 16.4. The number of benzene rings is 1. The molecule has 1 aliphatic rings. The molecular formula is C20H26N2O3. The van der Waals surface area contributed by atoms with E-state index in [1.165, 1.54) is 0 Å². The van der Waals surface area contributed by atoms with E-state index in [1.807, 2.05) is 38.1 Å². The Morgan fingerprint density at radius 2 is 2.04 bits per heavy atom. The van der Waals surface area contributed by atoms with E-state index < -0.39 is 0 Å². The summed E-state index contributed by atoms with van der Waals surface area (Å²) in [5, 5.41) is 12.6. The van der Waals surface area contributed by atoms with Crippen molar-refractivity contribution in [3.63, 3.8) is 0 Å². The molecule has 0 radical (unpaired) electrons. The molecule has 1 aromatic heterocycles. The summed E-state index contributed by atoms with van der Waals surface area (Å²) in [5.74, 6) is 0.986. The number of aliphatic hydroxyl groups excluding tert-OH is 1. The number of carbonyl (C=O) groups excluding carboxylic acids is 1. The summed E-state index contributed by atoms with van der Waals surface area (Å²) in [7, 11) is 0. The Morgan fingerprint density at radius 3 is 2.72 bits per heavy atom. The number of amides is 1. The fourth-order valence-corrected chi connectivity index (χ4v) is 3.27. The highest BCUT2D eigenvalue weighted by Crippen LogP contribution is 2.22. The van der Waals surface area contributed by atoms with Crippen LogP contribution in [0.15, 0.2) is 34.7 Å². The van der Waals surface area contributed by atoms with Gasteiger partial charge in [-0.05, 0) is 43.0 Å². The quantitative estimate of drug-likeness (QED) is 0.874. The van der Waals surface area contributed by atoms with E-state index in [4.69, 9.17) is 4.42 Å². The monoisotopic (exact) mass is 342 g/mol. The second-order valence-electron chi connectivity index (χ2n) is 6.69. The van der Waals surface area contributed by atoms with Crippen LogP contribution >= 0.6 is 0 Å². The van der Waals surface area contributed by atoms with Gasteiger partial charge in [0, 0.05) is 31.7 Å². The van der Waals surface area contributed by atoms with Crippen LogP contribution < -0.4 is 5.32 Å². The van der Waals surface area contributed by atoms with E-state index in [1.54, 1.807) is 6.07 Å². The van der Waals surface area contributed by atoms with Crippen molar-refractivity contribution in [2.45, 2.75) is 45.8 Å². The summed E-state index contributed by atoms with van der Waals surface area (Å²) in [6.45, 7) is 6.48. The van der Waals surface area contributed by atoms with E-state index in [0.717, 1.165) is 61.5 Å². The van der Waals surface area contributed by atoms with Gasteiger partial charge in [0.05, 0.1) is 6.10 Å². The molecule has 0 atom stereocenters. The molecular weight excluding hydrogens is 316 g/mol. The average Bonchev–Trinajstić information content (AvgIpc) is 2.99. The number of hydrogen-bond acceptors (Lipinski definition) is 4. The van der Waals surface area contributed by atoms with Crippen LogP contribution in [0.4, 0.5) is 5.69 Å². The number of para-hydroxylation sites is 1. The summed E-state index contributed by atoms with van der Waals surface area (Å²) >= 11 is 0. The lowest BCUT2D eigenvalue weighted by Crippen LogP contribution is -2.35. The van der Waals surface area contributed by atoms with Gasteiger partial charge in [-0.2, -0.15) is 0 Å². The molecule has 2 N–H and O–H groups in total. The summed E-state index contributed by atoms with van der Waals surface area (Å²) in [5.41, 5.74) is 2.89. The molecule has 0 spiro atoms. The van der Waals surface area contributed by atoms with Crippen molar-refractivity contribution in [1.29, 1.82) is 0 Å². The number of hydrogen-bond donors (Lipinski definition) is 2. The predicted octanol–water partition coefficient (Wildman–Crippen LogP) is 3.36. The Labute approximate surface area is 148 Å². The second-order valence-corrected chi connectivity index (χ2v) is 6.69. The van der Waals surface area contributed by atoms with Gasteiger partial charge in [0.15, 0.2) is 5.76 Å². The number of anilines is 1. The second kappa shape index (κ2) is 7.85. The molecule has 3 rings (SSSR count). The van der Waals surface area contributed by atoms with Crippen molar-refractivity contribution < 1.29 is 14.3 Å². The van der Waals surface area contributed by atoms with Gasteiger partial charge < -0.3 is 14.8 Å². The zero-order valence-electron chi connectivity index (χ0n) is 14.9. The molecule has 5 heteroatoms. The minimum absolute atomic E-state index is 0.179. The molecule has 5 nitrogen and oxygen atoms in total. The van der Waals surface area contributed by atoms with E-state index in [0.29, 0.717) is 5.76 Å². The maximum absolute atomic E-state index is 12.5. The highest BCUT2D eigenvalue weighted by Gasteiger charge is 2.19. The number of likely N-dealkylation sites (tertiary alicyclic amines) is 1. The molecule has 0 saturated carbocycles. The molecule has 1 saturated heterocycles. The van der Waals surface area contributed by atoms with Gasteiger partial charge in [0.2, 0.25) is 0 Å². The Bertz CT molecular complexity index is 730. The summed E-state index contributed by atoms with van der Waals surface area (Å²) in [4.78, 5) is 14.8. The number of furan rings is 1. The molecule has 25 heavy (non-hydrogen) atoms. The van der Waals surface area contributed by atoms with E-state index in [-0.39, 0.29) is 12.0 Å². The Kier molecular flexibility index (Phi) is 5.56. The van der Waals surface area contributed by atoms with Crippen molar-refractivity contribution in [2.24, 2.45) is 0 Å². The molecule has 134 valence electrons. The van der Waals surface area contributed by atoms with Gasteiger partial charge in [-0.15, -0.1) is 0 Å². The van der Waals surface area contributed by atoms with Crippen LogP contribution in [0, 0.1) is 6.92 Å². The first-order valence-corrected chi connectivity index (χ1v) is 8.95. The van der Waals surface area contributed by atoms with Crippen LogP contribution in [0.5, 0.6) is 0 Å². The number of aliphatic hydroxyl groups is 1. The first-order chi connectivity index (χ1) is 12.1. The Hall–Kier alpha value is -2.11. The molecule has 0 aliphatic carbocycles. The largest absolute Gasteiger partial charge is 0.456 e. The third-order valence-corrected chi connectivity index (χ3v) is 4.78. The SMILES string of the molecule is CCc1oc(C(=O)Nc2ccccc2CN2CCC(O)CC2)cc1C. The summed E-state index contributed by atoms with van der Waals surface area (Å²) < 4.78 is 5.65. The Balaban J connectivity index is 1.70. The minimum atomic E-state index is -0.218. The maximum atomic E-state index is 12.5. The molecule has 0 unspecified atom stereocenters. The molecule has 1 aromatic carbocycles. The number of nitrogens with zero attached hydrogens (tertiary/aromatic N) is 1. The lowest BCUT2D eigenvalue weighted by molar-refractivity contribution is 0.0793. The third-order valence-electron chi connectivity index (χ3n) is 4.78. The number of rotatable bonds is 5. The standard InChI is InChI=1S/C20H26N2O3/c1-3-18-14(2)12-19(25-18)20(24)21-17-7-5-4-6-15(17)13-22-10-8-16(23)9-11-22/h4-7,12,16,23H,3,8-11,13H2,1-2H3,(H,21,24). The predicted molar refractivity (Wildman–Crippen MR) is 97.7 cm³/mol. The van der Waals surface area contributed by atoms with Crippen molar-refractivity contribution >= 4 is 11.6 Å². The highest BCUT2D eigenvalue weighted by molar-refractivity contribution is 6.02. The van der Waals surface area contributed by atoms with Gasteiger partial charge in [0.25, 0.3) is 5.91 Å². The number of aryl methyl sites for hydroxylation is 2. The van der Waals surface area contributed by atoms with Gasteiger partial charge in [-0.3, -0.25) is 9.69 Å². The topological polar surface area (TPSA) is 65.7 Å². The van der Waals surface area contributed by atoms with Gasteiger partial charge in [-0.1, -0.05) is 25.1 Å². The van der Waals surface area contributed by atoms with E-state index in [2.05, 4.69) is 10.2 Å². The first kappa shape index (κ1) is 17.7. The fourth-order valence-electron chi connectivity index (χ4n) is 3.27. The molecule has 2 heterocycles. The van der Waals surface area contributed by atoms with Crippen LogP contribution in [0.1, 0.15) is 47.2 Å². The third kappa shape index (κ3) is 4.30. The van der Waals surface area contributed by atoms with E-state index >= 15 is 0 Å². The van der Waals surface area contributed by atoms with Crippen LogP contribution in [-0.4, -0.2) is 35.1 Å². The smallest absolute Gasteiger partial charge is 0.291 e. The van der Waals surface area contributed by atoms with Crippen LogP contribution in [0.3, 0.4) is 0 Å². The lowest BCUT2D eigenvalue weighted by Gasteiger charge is -2.30. The molecule has 0 bridgehead atoms. The van der Waals surface area contributed by atoms with Crippen molar-refractivity contribution in [3.05, 3.63) is 53.0 Å².